The van der Waals surface area contributed by atoms with Gasteiger partial charge >= 0.3 is 6.09 Å². The number of carbonyl (C=O) groups excluding carboxylic acids is 1. The van der Waals surface area contributed by atoms with Crippen LogP contribution < -0.4 is 5.32 Å². The van der Waals surface area contributed by atoms with Crippen molar-refractivity contribution in [3.05, 3.63) is 35.1 Å². The molecule has 2 bridgehead atoms. The van der Waals surface area contributed by atoms with E-state index in [4.69, 9.17) is 9.72 Å². The summed E-state index contributed by atoms with van der Waals surface area (Å²) in [5.41, 5.74) is 2.20. The number of nitrogens with one attached hydrogen (secondary N) is 1. The van der Waals surface area contributed by atoms with Gasteiger partial charge in [-0.15, -0.1) is 11.3 Å². The highest BCUT2D eigenvalue weighted by Crippen LogP contribution is 2.42. The fourth-order valence-electron chi connectivity index (χ4n) is 5.61. The topological polar surface area (TPSA) is 67.4 Å². The van der Waals surface area contributed by atoms with E-state index >= 15 is 0 Å². The molecule has 1 N–H and O–H groups in total. The summed E-state index contributed by atoms with van der Waals surface area (Å²) in [5.74, 6) is 1.86. The van der Waals surface area contributed by atoms with Crippen molar-refractivity contribution in [3.8, 4) is 10.6 Å². The number of aryl methyl sites for hydroxylation is 1. The standard InChI is InChI=1S/C24H32N4O2S/c1-16-25-21(13-22(26-16)23-8-5-11-31-23)20-14-28-10-9-17(20)12-19(28)15-30-24(29)27-18-6-3-2-4-7-18/h5,8,11,13,17-20H,2-4,6-7,9-10,12,14-15H2,1H3,(H,27,29). The lowest BCUT2D eigenvalue weighted by Gasteiger charge is -2.49. The van der Waals surface area contributed by atoms with Crippen LogP contribution >= 0.6 is 11.3 Å². The number of hydrogen-bond donors (Lipinski definition) is 1. The maximum absolute atomic E-state index is 12.3. The summed E-state index contributed by atoms with van der Waals surface area (Å²) in [6.07, 6.45) is 7.89. The van der Waals surface area contributed by atoms with E-state index < -0.39 is 0 Å². The molecule has 0 radical (unpaired) electrons. The molecule has 3 aliphatic heterocycles. The molecule has 4 unspecified atom stereocenters. The smallest absolute Gasteiger partial charge is 0.407 e. The Morgan fingerprint density at radius 2 is 2.13 bits per heavy atom. The quantitative estimate of drug-likeness (QED) is 0.727. The maximum Gasteiger partial charge on any atom is 0.407 e. The molecule has 4 fully saturated rings. The van der Waals surface area contributed by atoms with Gasteiger partial charge in [0.05, 0.1) is 10.6 Å². The summed E-state index contributed by atoms with van der Waals surface area (Å²) in [4.78, 5) is 25.5. The lowest BCUT2D eigenvalue weighted by Crippen LogP contribution is -2.54. The molecule has 0 aromatic carbocycles. The first-order valence-electron chi connectivity index (χ1n) is 11.7. The van der Waals surface area contributed by atoms with Crippen LogP contribution in [0.5, 0.6) is 0 Å². The largest absolute Gasteiger partial charge is 0.448 e. The van der Waals surface area contributed by atoms with Crippen LogP contribution in [0.4, 0.5) is 4.79 Å². The highest BCUT2D eigenvalue weighted by Gasteiger charge is 2.42. The molecule has 5 heterocycles. The lowest BCUT2D eigenvalue weighted by molar-refractivity contribution is -0.00403. The normalized spacial score (nSPS) is 28.4. The SMILES string of the molecule is Cc1nc(-c2cccs2)cc(C2CN3CCC2CC3COC(=O)NC2CCCCC2)n1. The van der Waals surface area contributed by atoms with E-state index in [1.54, 1.807) is 11.3 Å². The second-order valence-electron chi connectivity index (χ2n) is 9.32. The average molecular weight is 441 g/mol. The summed E-state index contributed by atoms with van der Waals surface area (Å²) in [7, 11) is 0. The number of rotatable bonds is 5. The van der Waals surface area contributed by atoms with Gasteiger partial charge in [-0.3, -0.25) is 4.90 Å². The molecular formula is C24H32N4O2S. The van der Waals surface area contributed by atoms with E-state index in [2.05, 4.69) is 38.8 Å². The lowest BCUT2D eigenvalue weighted by atomic mass is 9.74. The van der Waals surface area contributed by atoms with Gasteiger partial charge in [-0.2, -0.15) is 0 Å². The highest BCUT2D eigenvalue weighted by molar-refractivity contribution is 7.13. The Morgan fingerprint density at radius 3 is 2.87 bits per heavy atom. The molecule has 2 aromatic heterocycles. The van der Waals surface area contributed by atoms with E-state index in [0.29, 0.717) is 30.5 Å². The van der Waals surface area contributed by atoms with Crippen molar-refractivity contribution < 1.29 is 9.53 Å². The third-order valence-electron chi connectivity index (χ3n) is 7.22. The summed E-state index contributed by atoms with van der Waals surface area (Å²) in [6.45, 7) is 4.55. The first-order valence-corrected chi connectivity index (χ1v) is 12.6. The molecule has 6 nitrogen and oxygen atoms in total. The van der Waals surface area contributed by atoms with Crippen molar-refractivity contribution in [1.82, 2.24) is 20.2 Å². The number of fused-ring (bicyclic) bond motifs is 3. The zero-order chi connectivity index (χ0) is 21.2. The van der Waals surface area contributed by atoms with Crippen LogP contribution in [0.3, 0.4) is 0 Å². The molecule has 2 aromatic rings. The molecule has 1 aliphatic carbocycles. The zero-order valence-corrected chi connectivity index (χ0v) is 19.1. The van der Waals surface area contributed by atoms with E-state index in [-0.39, 0.29) is 6.09 Å². The maximum atomic E-state index is 12.3. The Bertz CT molecular complexity index is 897. The minimum absolute atomic E-state index is 0.238. The third kappa shape index (κ3) is 4.77. The molecule has 0 spiro atoms. The molecule has 31 heavy (non-hydrogen) atoms. The molecule has 6 rings (SSSR count). The van der Waals surface area contributed by atoms with Crippen LogP contribution in [-0.2, 0) is 4.74 Å². The van der Waals surface area contributed by atoms with E-state index in [1.165, 1.54) is 36.3 Å². The Balaban J connectivity index is 1.20. The summed E-state index contributed by atoms with van der Waals surface area (Å²) in [6, 6.07) is 7.01. The number of thiophene rings is 1. The van der Waals surface area contributed by atoms with Crippen molar-refractivity contribution in [3.63, 3.8) is 0 Å². The van der Waals surface area contributed by atoms with Gasteiger partial charge in [0, 0.05) is 30.2 Å². The minimum Gasteiger partial charge on any atom is -0.448 e. The number of nitrogens with zero attached hydrogens (tertiary/aromatic N) is 3. The molecule has 1 saturated carbocycles. The number of hydrogen-bond acceptors (Lipinski definition) is 6. The number of aromatic nitrogens is 2. The van der Waals surface area contributed by atoms with Gasteiger partial charge in [-0.25, -0.2) is 14.8 Å². The average Bonchev–Trinajstić information content (AvgIpc) is 3.33. The summed E-state index contributed by atoms with van der Waals surface area (Å²) < 4.78 is 5.65. The van der Waals surface area contributed by atoms with Crippen LogP contribution in [0.1, 0.15) is 62.4 Å². The Labute approximate surface area is 188 Å². The minimum atomic E-state index is -0.238. The van der Waals surface area contributed by atoms with Gasteiger partial charge in [-0.05, 0) is 62.6 Å². The van der Waals surface area contributed by atoms with E-state index in [0.717, 1.165) is 43.9 Å². The van der Waals surface area contributed by atoms with Crippen LogP contribution in [0, 0.1) is 12.8 Å². The Morgan fingerprint density at radius 1 is 1.26 bits per heavy atom. The molecule has 4 atom stereocenters. The van der Waals surface area contributed by atoms with Crippen molar-refractivity contribution >= 4 is 17.4 Å². The van der Waals surface area contributed by atoms with Crippen LogP contribution in [0.15, 0.2) is 23.6 Å². The first-order chi connectivity index (χ1) is 15.2. The molecule has 166 valence electrons. The third-order valence-corrected chi connectivity index (χ3v) is 8.12. The van der Waals surface area contributed by atoms with Gasteiger partial charge in [0.25, 0.3) is 0 Å². The number of carbonyl (C=O) groups is 1. The number of amides is 1. The Kier molecular flexibility index (Phi) is 6.23. The molecule has 7 heteroatoms. The number of ether oxygens (including phenoxy) is 1. The summed E-state index contributed by atoms with van der Waals surface area (Å²) >= 11 is 1.72. The first kappa shape index (κ1) is 20.9. The molecule has 4 aliphatic rings. The van der Waals surface area contributed by atoms with Crippen molar-refractivity contribution in [2.75, 3.05) is 19.7 Å². The van der Waals surface area contributed by atoms with Crippen LogP contribution in [0.2, 0.25) is 0 Å². The molecule has 1 amide bonds. The zero-order valence-electron chi connectivity index (χ0n) is 18.3. The van der Waals surface area contributed by atoms with Crippen LogP contribution in [-0.4, -0.2) is 52.7 Å². The molecule has 3 saturated heterocycles. The fourth-order valence-corrected chi connectivity index (χ4v) is 6.29. The molecular weight excluding hydrogens is 408 g/mol. The predicted octanol–water partition coefficient (Wildman–Crippen LogP) is 4.75. The van der Waals surface area contributed by atoms with Crippen molar-refractivity contribution in [1.29, 1.82) is 0 Å². The van der Waals surface area contributed by atoms with Gasteiger partial charge in [0.2, 0.25) is 0 Å². The van der Waals surface area contributed by atoms with E-state index in [9.17, 15) is 4.79 Å². The van der Waals surface area contributed by atoms with Crippen molar-refractivity contribution in [2.45, 2.75) is 69.9 Å². The second-order valence-corrected chi connectivity index (χ2v) is 10.3. The van der Waals surface area contributed by atoms with Gasteiger partial charge in [-0.1, -0.05) is 25.3 Å². The van der Waals surface area contributed by atoms with Gasteiger partial charge in [0.15, 0.2) is 0 Å². The highest BCUT2D eigenvalue weighted by atomic mass is 32.1. The summed E-state index contributed by atoms with van der Waals surface area (Å²) in [5, 5.41) is 5.16. The Hall–Kier alpha value is -1.99. The monoisotopic (exact) mass is 440 g/mol. The van der Waals surface area contributed by atoms with Gasteiger partial charge < -0.3 is 10.1 Å². The van der Waals surface area contributed by atoms with Gasteiger partial charge in [0.1, 0.15) is 12.4 Å². The van der Waals surface area contributed by atoms with Crippen LogP contribution in [0.25, 0.3) is 10.6 Å². The van der Waals surface area contributed by atoms with E-state index in [1.807, 2.05) is 6.92 Å². The number of piperidine rings is 3. The predicted molar refractivity (Wildman–Crippen MR) is 122 cm³/mol. The second kappa shape index (κ2) is 9.25. The number of alkyl carbamates (subject to hydrolysis) is 1. The fraction of sp³-hybridized carbons (Fsp3) is 0.625. The van der Waals surface area contributed by atoms with Crippen molar-refractivity contribution in [2.24, 2.45) is 5.92 Å².